The molecule has 178 valence electrons. The van der Waals surface area contributed by atoms with E-state index in [9.17, 15) is 19.5 Å². The van der Waals surface area contributed by atoms with E-state index in [-0.39, 0.29) is 34.9 Å². The lowest BCUT2D eigenvalue weighted by atomic mass is 10.0. The van der Waals surface area contributed by atoms with Crippen molar-refractivity contribution in [3.05, 3.63) is 21.7 Å². The number of aliphatic carboxylic acids is 1. The van der Waals surface area contributed by atoms with Gasteiger partial charge in [-0.15, -0.1) is 34.9 Å². The lowest BCUT2D eigenvalue weighted by Crippen LogP contribution is -2.71. The highest BCUT2D eigenvalue weighted by Gasteiger charge is 2.54. The summed E-state index contributed by atoms with van der Waals surface area (Å²) in [6, 6.07) is -0.901. The van der Waals surface area contributed by atoms with Crippen molar-refractivity contribution in [1.82, 2.24) is 15.2 Å². The highest BCUT2D eigenvalue weighted by molar-refractivity contribution is 8.06. The van der Waals surface area contributed by atoms with Crippen molar-refractivity contribution >= 4 is 63.5 Å². The van der Waals surface area contributed by atoms with Crippen LogP contribution in [-0.4, -0.2) is 88.5 Å². The molecule has 2 saturated heterocycles. The third kappa shape index (κ3) is 4.96. The van der Waals surface area contributed by atoms with Gasteiger partial charge in [0.15, 0.2) is 10.8 Å². The molecular weight excluding hydrogens is 494 g/mol. The van der Waals surface area contributed by atoms with Gasteiger partial charge >= 0.3 is 5.97 Å². The van der Waals surface area contributed by atoms with Crippen LogP contribution in [0, 0.1) is 5.92 Å². The van der Waals surface area contributed by atoms with Crippen LogP contribution in [0.2, 0.25) is 0 Å². The molecule has 0 aromatic carbocycles. The van der Waals surface area contributed by atoms with Gasteiger partial charge in [-0.2, -0.15) is 0 Å². The van der Waals surface area contributed by atoms with Gasteiger partial charge in [0.25, 0.3) is 11.8 Å². The zero-order valence-electron chi connectivity index (χ0n) is 17.4. The first kappa shape index (κ1) is 23.8. The first-order chi connectivity index (χ1) is 15.9. The van der Waals surface area contributed by atoms with Crippen LogP contribution in [0.3, 0.4) is 0 Å². The maximum absolute atomic E-state index is 12.9. The van der Waals surface area contributed by atoms with E-state index in [1.165, 1.54) is 35.5 Å². The zero-order chi connectivity index (χ0) is 23.5. The Balaban J connectivity index is 1.45. The second-order valence-electron chi connectivity index (χ2n) is 7.17. The number of ether oxygens (including phenoxy) is 2. The fraction of sp³-hybridized carbons (Fsp3) is 0.500. The van der Waals surface area contributed by atoms with Gasteiger partial charge in [0.2, 0.25) is 0 Å². The summed E-state index contributed by atoms with van der Waals surface area (Å²) in [5, 5.41) is 17.4. The molecule has 4 N–H and O–H groups in total. The third-order valence-electron chi connectivity index (χ3n) is 4.95. The second-order valence-corrected chi connectivity index (χ2v) is 10.3. The van der Waals surface area contributed by atoms with Crippen LogP contribution in [-0.2, 0) is 28.7 Å². The Kier molecular flexibility index (Phi) is 7.43. The largest absolute Gasteiger partial charge is 0.477 e. The molecule has 0 spiro atoms. The molecular formula is C18H21N5O7S3. The fourth-order valence-corrected chi connectivity index (χ4v) is 6.69. The Hall–Kier alpha value is -2.33. The number of thiazole rings is 1. The first-order valence-electron chi connectivity index (χ1n) is 9.73. The average molecular weight is 516 g/mol. The molecule has 3 aliphatic heterocycles. The minimum absolute atomic E-state index is 0.0463. The van der Waals surface area contributed by atoms with E-state index in [4.69, 9.17) is 20.0 Å². The number of carboxylic acids is 1. The molecule has 2 atom stereocenters. The minimum atomic E-state index is -1.18. The normalized spacial score (nSPS) is 23.7. The van der Waals surface area contributed by atoms with Crippen molar-refractivity contribution < 1.29 is 33.8 Å². The van der Waals surface area contributed by atoms with Gasteiger partial charge in [-0.3, -0.25) is 14.5 Å². The molecule has 33 heavy (non-hydrogen) atoms. The molecule has 0 saturated carbocycles. The van der Waals surface area contributed by atoms with Crippen molar-refractivity contribution in [3.8, 4) is 0 Å². The van der Waals surface area contributed by atoms with Gasteiger partial charge in [0, 0.05) is 27.7 Å². The number of carbonyl (C=O) groups excluding carboxylic acids is 2. The molecule has 2 fully saturated rings. The summed E-state index contributed by atoms with van der Waals surface area (Å²) < 4.78 is 10.6. The lowest BCUT2D eigenvalue weighted by molar-refractivity contribution is -0.150. The Labute approximate surface area is 200 Å². The molecule has 1 aromatic heterocycles. The van der Waals surface area contributed by atoms with Gasteiger partial charge in [-0.1, -0.05) is 5.16 Å². The molecule has 0 radical (unpaired) electrons. The van der Waals surface area contributed by atoms with Crippen LogP contribution in [0.15, 0.2) is 21.1 Å². The number of hydrogen-bond donors (Lipinski definition) is 3. The van der Waals surface area contributed by atoms with Crippen molar-refractivity contribution in [3.63, 3.8) is 0 Å². The molecule has 12 nitrogen and oxygen atoms in total. The number of carboxylic acid groups (broad SMARTS) is 1. The van der Waals surface area contributed by atoms with Gasteiger partial charge in [-0.05, 0) is 0 Å². The summed E-state index contributed by atoms with van der Waals surface area (Å²) in [6.07, 6.45) is 0. The van der Waals surface area contributed by atoms with Crippen LogP contribution < -0.4 is 11.1 Å². The Morgan fingerprint density at radius 3 is 2.85 bits per heavy atom. The monoisotopic (exact) mass is 515 g/mol. The highest BCUT2D eigenvalue weighted by Crippen LogP contribution is 2.43. The number of nitrogens with zero attached hydrogens (tertiary/aromatic N) is 3. The lowest BCUT2D eigenvalue weighted by Gasteiger charge is -2.49. The van der Waals surface area contributed by atoms with E-state index in [0.29, 0.717) is 29.6 Å². The van der Waals surface area contributed by atoms with E-state index >= 15 is 0 Å². The minimum Gasteiger partial charge on any atom is -0.477 e. The Bertz CT molecular complexity index is 1010. The predicted octanol–water partition coefficient (Wildman–Crippen LogP) is 0.126. The van der Waals surface area contributed by atoms with Crippen molar-refractivity contribution in [1.29, 1.82) is 0 Å². The number of amides is 2. The standard InChI is InChI=1S/C18H21N5O7S3/c1-28-22-11(9-5-33-18(19)20-9)14(24)21-12-15(25)23-13(17(26)27)10(6-32-16(12)23)31-4-8-2-29-7-30-3-8/h5,8,12,16H,2-4,6-7H2,1H3,(H2,19,20)(H,21,24)(H,26,27)/t12?,16-/m0/s1. The predicted molar refractivity (Wildman–Crippen MR) is 122 cm³/mol. The number of fused-ring (bicyclic) bond motifs is 1. The smallest absolute Gasteiger partial charge is 0.353 e. The number of nitrogen functional groups attached to an aromatic ring is 1. The van der Waals surface area contributed by atoms with E-state index < -0.39 is 29.2 Å². The van der Waals surface area contributed by atoms with Crippen LogP contribution in [0.4, 0.5) is 5.13 Å². The Morgan fingerprint density at radius 1 is 1.45 bits per heavy atom. The molecule has 4 rings (SSSR count). The average Bonchev–Trinajstić information content (AvgIpc) is 3.25. The van der Waals surface area contributed by atoms with Crippen LogP contribution in [0.25, 0.3) is 0 Å². The van der Waals surface area contributed by atoms with Gasteiger partial charge in [-0.25, -0.2) is 9.78 Å². The van der Waals surface area contributed by atoms with Crippen LogP contribution >= 0.6 is 34.9 Å². The van der Waals surface area contributed by atoms with E-state index in [0.717, 1.165) is 11.3 Å². The topological polar surface area (TPSA) is 166 Å². The highest BCUT2D eigenvalue weighted by atomic mass is 32.2. The molecule has 0 bridgehead atoms. The number of nitrogens with one attached hydrogen (secondary N) is 1. The molecule has 4 heterocycles. The van der Waals surface area contributed by atoms with Crippen LogP contribution in [0.5, 0.6) is 0 Å². The van der Waals surface area contributed by atoms with Crippen molar-refractivity contribution in [2.45, 2.75) is 11.4 Å². The van der Waals surface area contributed by atoms with Crippen LogP contribution in [0.1, 0.15) is 5.69 Å². The van der Waals surface area contributed by atoms with Gasteiger partial charge in [0.1, 0.15) is 36.7 Å². The van der Waals surface area contributed by atoms with Gasteiger partial charge < -0.3 is 30.5 Å². The number of aromatic nitrogens is 1. The fourth-order valence-electron chi connectivity index (χ4n) is 3.45. The van der Waals surface area contributed by atoms with Gasteiger partial charge in [0.05, 0.1) is 13.2 Å². The zero-order valence-corrected chi connectivity index (χ0v) is 19.8. The molecule has 1 aromatic rings. The summed E-state index contributed by atoms with van der Waals surface area (Å²) in [7, 11) is 1.28. The van der Waals surface area contributed by atoms with Crippen molar-refractivity contribution in [2.24, 2.45) is 11.1 Å². The number of hydrogen-bond acceptors (Lipinski definition) is 12. The molecule has 1 unspecified atom stereocenters. The quantitative estimate of drug-likeness (QED) is 0.245. The molecule has 3 aliphatic rings. The molecule has 15 heteroatoms. The van der Waals surface area contributed by atoms with E-state index in [1.807, 2.05) is 0 Å². The number of nitrogens with two attached hydrogens (primary N) is 1. The summed E-state index contributed by atoms with van der Waals surface area (Å²) in [4.78, 5) is 48.2. The summed E-state index contributed by atoms with van der Waals surface area (Å²) in [6.45, 7) is 1.36. The summed E-state index contributed by atoms with van der Waals surface area (Å²) >= 11 is 3.91. The number of carbonyl (C=O) groups is 3. The molecule has 2 amide bonds. The van der Waals surface area contributed by atoms with E-state index in [2.05, 4.69) is 15.5 Å². The number of β-lactam (4-membered cyclic amide) rings is 1. The summed E-state index contributed by atoms with van der Waals surface area (Å²) in [5.41, 5.74) is 5.68. The number of rotatable bonds is 8. The number of anilines is 1. The molecule has 0 aliphatic carbocycles. The third-order valence-corrected chi connectivity index (χ3v) is 8.41. The maximum Gasteiger partial charge on any atom is 0.353 e. The van der Waals surface area contributed by atoms with Crippen molar-refractivity contribution in [2.75, 3.05) is 44.4 Å². The van der Waals surface area contributed by atoms with E-state index in [1.54, 1.807) is 5.38 Å². The second kappa shape index (κ2) is 10.3. The SMILES string of the molecule is CON=C(C(=O)NC1C(=O)N2C(C(=O)O)=C(SCC3COCOC3)CS[C@@H]12)c1csc(N)n1. The number of oxime groups is 1. The summed E-state index contributed by atoms with van der Waals surface area (Å²) in [5.74, 6) is -1.19. The maximum atomic E-state index is 12.9. The Morgan fingerprint density at radius 2 is 2.21 bits per heavy atom. The number of thioether (sulfide) groups is 2. The first-order valence-corrected chi connectivity index (χ1v) is 12.6.